The number of aryl methyl sites for hydroxylation is 1. The first-order chi connectivity index (χ1) is 10.6. The molecule has 0 fully saturated rings. The van der Waals surface area contributed by atoms with Gasteiger partial charge in [0, 0.05) is 0 Å². The normalized spacial score (nSPS) is 11.9. The Hall–Kier alpha value is -2.14. The third-order valence-corrected chi connectivity index (χ3v) is 5.40. The van der Waals surface area contributed by atoms with Gasteiger partial charge in [0.1, 0.15) is 6.33 Å². The second-order valence-electron chi connectivity index (χ2n) is 5.28. The van der Waals surface area contributed by atoms with Gasteiger partial charge >= 0.3 is 0 Å². The maximum absolute atomic E-state index is 12.8. The van der Waals surface area contributed by atoms with Crippen molar-refractivity contribution >= 4 is 21.1 Å². The van der Waals surface area contributed by atoms with Gasteiger partial charge in [-0.25, -0.2) is 17.4 Å². The molecule has 0 bridgehead atoms. The van der Waals surface area contributed by atoms with Gasteiger partial charge in [0.15, 0.2) is 0 Å². The maximum Gasteiger partial charge on any atom is 0.269 e. The summed E-state index contributed by atoms with van der Waals surface area (Å²) in [4.78, 5) is 4.44. The molecule has 0 aliphatic carbocycles. The van der Waals surface area contributed by atoms with E-state index in [4.69, 9.17) is 0 Å². The molecular formula is C17H18N2O2S. The lowest BCUT2D eigenvalue weighted by atomic mass is 10.1. The van der Waals surface area contributed by atoms with Gasteiger partial charge in [-0.2, -0.15) is 0 Å². The molecule has 0 N–H and O–H groups in total. The number of nitrogens with zero attached hydrogens (tertiary/aromatic N) is 2. The molecule has 3 rings (SSSR count). The van der Waals surface area contributed by atoms with Gasteiger partial charge in [-0.3, -0.25) is 0 Å². The first-order valence-electron chi connectivity index (χ1n) is 7.39. The van der Waals surface area contributed by atoms with Crippen molar-refractivity contribution in [2.75, 3.05) is 0 Å². The van der Waals surface area contributed by atoms with Crippen LogP contribution in [0.25, 0.3) is 11.0 Å². The van der Waals surface area contributed by atoms with Crippen LogP contribution in [0.2, 0.25) is 0 Å². The Balaban J connectivity index is 1.99. The smallest absolute Gasteiger partial charge is 0.236 e. The summed E-state index contributed by atoms with van der Waals surface area (Å²) in [6.45, 7) is 2.14. The lowest BCUT2D eigenvalue weighted by molar-refractivity contribution is 0.588. The molecule has 114 valence electrons. The summed E-state index contributed by atoms with van der Waals surface area (Å²) in [6.07, 6.45) is 4.58. The van der Waals surface area contributed by atoms with Crippen LogP contribution in [0.4, 0.5) is 0 Å². The number of aromatic nitrogens is 2. The van der Waals surface area contributed by atoms with Crippen molar-refractivity contribution in [2.24, 2.45) is 0 Å². The number of unbranched alkanes of at least 4 members (excludes halogenated alkanes) is 1. The summed E-state index contributed by atoms with van der Waals surface area (Å²) < 4.78 is 26.8. The van der Waals surface area contributed by atoms with Crippen LogP contribution >= 0.6 is 0 Å². The molecule has 0 aliphatic rings. The second-order valence-corrected chi connectivity index (χ2v) is 7.10. The molecular weight excluding hydrogens is 296 g/mol. The Morgan fingerprint density at radius 2 is 1.77 bits per heavy atom. The van der Waals surface area contributed by atoms with Crippen molar-refractivity contribution in [1.29, 1.82) is 0 Å². The molecule has 0 spiro atoms. The van der Waals surface area contributed by atoms with Gasteiger partial charge in [-0.15, -0.1) is 0 Å². The van der Waals surface area contributed by atoms with Gasteiger partial charge in [0.2, 0.25) is 0 Å². The first kappa shape index (κ1) is 14.8. The zero-order valence-electron chi connectivity index (χ0n) is 12.4. The van der Waals surface area contributed by atoms with Crippen LogP contribution in [-0.2, 0) is 16.4 Å². The van der Waals surface area contributed by atoms with Crippen LogP contribution in [-0.4, -0.2) is 17.4 Å². The zero-order valence-corrected chi connectivity index (χ0v) is 13.3. The standard InChI is InChI=1S/C17H18N2O2S/c1-2-3-6-14-9-11-15(12-10-14)22(20,21)19-13-18-16-7-4-5-8-17(16)19/h4-5,7-13H,2-3,6H2,1H3. The van der Waals surface area contributed by atoms with Crippen LogP contribution in [0.3, 0.4) is 0 Å². The third kappa shape index (κ3) is 2.64. The van der Waals surface area contributed by atoms with E-state index in [2.05, 4.69) is 11.9 Å². The topological polar surface area (TPSA) is 52.0 Å². The predicted octanol–water partition coefficient (Wildman–Crippen LogP) is 3.62. The summed E-state index contributed by atoms with van der Waals surface area (Å²) in [5.41, 5.74) is 2.43. The molecule has 0 saturated heterocycles. The fourth-order valence-electron chi connectivity index (χ4n) is 2.45. The van der Waals surface area contributed by atoms with Gasteiger partial charge in [0.05, 0.1) is 15.9 Å². The zero-order chi connectivity index (χ0) is 15.6. The Labute approximate surface area is 130 Å². The predicted molar refractivity (Wildman–Crippen MR) is 87.4 cm³/mol. The van der Waals surface area contributed by atoms with Crippen LogP contribution in [0, 0.1) is 0 Å². The highest BCUT2D eigenvalue weighted by molar-refractivity contribution is 7.90. The summed E-state index contributed by atoms with van der Waals surface area (Å²) >= 11 is 0. The highest BCUT2D eigenvalue weighted by Crippen LogP contribution is 2.20. The first-order valence-corrected chi connectivity index (χ1v) is 8.83. The van der Waals surface area contributed by atoms with E-state index in [0.29, 0.717) is 11.0 Å². The fourth-order valence-corrected chi connectivity index (χ4v) is 3.74. The van der Waals surface area contributed by atoms with Crippen molar-refractivity contribution in [1.82, 2.24) is 8.96 Å². The summed E-state index contributed by atoms with van der Waals surface area (Å²) in [6, 6.07) is 14.3. The van der Waals surface area contributed by atoms with Crippen molar-refractivity contribution in [3.8, 4) is 0 Å². The minimum absolute atomic E-state index is 0.288. The molecule has 3 aromatic rings. The van der Waals surface area contributed by atoms with E-state index in [1.807, 2.05) is 24.3 Å². The summed E-state index contributed by atoms with van der Waals surface area (Å²) in [5, 5.41) is 0. The van der Waals surface area contributed by atoms with E-state index in [1.165, 1.54) is 10.3 Å². The van der Waals surface area contributed by atoms with Crippen LogP contribution in [0.5, 0.6) is 0 Å². The number of hydrogen-bond acceptors (Lipinski definition) is 3. The number of hydrogen-bond donors (Lipinski definition) is 0. The molecule has 0 atom stereocenters. The Morgan fingerprint density at radius 1 is 1.05 bits per heavy atom. The van der Waals surface area contributed by atoms with Gasteiger partial charge in [-0.05, 0) is 42.7 Å². The van der Waals surface area contributed by atoms with E-state index in [9.17, 15) is 8.42 Å². The molecule has 1 aromatic heterocycles. The van der Waals surface area contributed by atoms with Crippen molar-refractivity contribution < 1.29 is 8.42 Å². The molecule has 5 heteroatoms. The Bertz CT molecular complexity index is 880. The van der Waals surface area contributed by atoms with Crippen LogP contribution < -0.4 is 0 Å². The molecule has 0 aliphatic heterocycles. The molecule has 0 saturated carbocycles. The average molecular weight is 314 g/mol. The SMILES string of the molecule is CCCCc1ccc(S(=O)(=O)n2cnc3ccccc32)cc1. The third-order valence-electron chi connectivity index (χ3n) is 3.72. The summed E-state index contributed by atoms with van der Waals surface area (Å²) in [7, 11) is -3.61. The molecule has 2 aromatic carbocycles. The van der Waals surface area contributed by atoms with E-state index in [0.717, 1.165) is 24.8 Å². The largest absolute Gasteiger partial charge is 0.269 e. The minimum Gasteiger partial charge on any atom is -0.236 e. The monoisotopic (exact) mass is 314 g/mol. The maximum atomic E-state index is 12.8. The highest BCUT2D eigenvalue weighted by atomic mass is 32.2. The number of rotatable bonds is 5. The summed E-state index contributed by atoms with van der Waals surface area (Å²) in [5.74, 6) is 0. The highest BCUT2D eigenvalue weighted by Gasteiger charge is 2.19. The molecule has 4 nitrogen and oxygen atoms in total. The Kier molecular flexibility index (Phi) is 3.98. The Morgan fingerprint density at radius 3 is 2.50 bits per heavy atom. The molecule has 0 amide bonds. The van der Waals surface area contributed by atoms with Gasteiger partial charge in [0.25, 0.3) is 10.0 Å². The number of fused-ring (bicyclic) bond motifs is 1. The van der Waals surface area contributed by atoms with Crippen molar-refractivity contribution in [2.45, 2.75) is 31.1 Å². The number of imidazole rings is 1. The van der Waals surface area contributed by atoms with Gasteiger partial charge < -0.3 is 0 Å². The molecule has 1 heterocycles. The molecule has 22 heavy (non-hydrogen) atoms. The van der Waals surface area contributed by atoms with E-state index in [1.54, 1.807) is 24.3 Å². The lowest BCUT2D eigenvalue weighted by Gasteiger charge is -2.07. The van der Waals surface area contributed by atoms with E-state index < -0.39 is 10.0 Å². The minimum atomic E-state index is -3.61. The lowest BCUT2D eigenvalue weighted by Crippen LogP contribution is -2.11. The van der Waals surface area contributed by atoms with Crippen molar-refractivity contribution in [3.63, 3.8) is 0 Å². The number of benzene rings is 2. The van der Waals surface area contributed by atoms with Crippen molar-refractivity contribution in [3.05, 3.63) is 60.4 Å². The van der Waals surface area contributed by atoms with E-state index >= 15 is 0 Å². The van der Waals surface area contributed by atoms with Crippen LogP contribution in [0.15, 0.2) is 59.8 Å². The number of para-hydroxylation sites is 2. The quantitative estimate of drug-likeness (QED) is 0.723. The van der Waals surface area contributed by atoms with E-state index in [-0.39, 0.29) is 4.90 Å². The van der Waals surface area contributed by atoms with Crippen LogP contribution in [0.1, 0.15) is 25.3 Å². The van der Waals surface area contributed by atoms with Gasteiger partial charge in [-0.1, -0.05) is 37.6 Å². The molecule has 0 radical (unpaired) electrons. The molecule has 0 unspecified atom stereocenters. The second kappa shape index (κ2) is 5.93. The average Bonchev–Trinajstić information content (AvgIpc) is 2.98. The fraction of sp³-hybridized carbons (Fsp3) is 0.235.